The Morgan fingerprint density at radius 1 is 0.750 bits per heavy atom. The van der Waals surface area contributed by atoms with Gasteiger partial charge in [-0.1, -0.05) is 72.8 Å². The summed E-state index contributed by atoms with van der Waals surface area (Å²) in [4.78, 5) is 27.2. The van der Waals surface area contributed by atoms with Crippen molar-refractivity contribution in [2.24, 2.45) is 0 Å². The van der Waals surface area contributed by atoms with Crippen molar-refractivity contribution in [3.63, 3.8) is 0 Å². The molecule has 0 atom stereocenters. The molecule has 4 nitrogen and oxygen atoms in total. The fourth-order valence-electron chi connectivity index (χ4n) is 3.01. The molecule has 28 heavy (non-hydrogen) atoms. The van der Waals surface area contributed by atoms with Gasteiger partial charge in [-0.2, -0.15) is 0 Å². The van der Waals surface area contributed by atoms with E-state index in [1.54, 1.807) is 4.90 Å². The van der Waals surface area contributed by atoms with E-state index < -0.39 is 11.8 Å². The average Bonchev–Trinajstić information content (AvgIpc) is 2.72. The maximum atomic E-state index is 13.0. The van der Waals surface area contributed by atoms with Gasteiger partial charge in [0.25, 0.3) is 0 Å². The number of carbonyl (C=O) groups is 2. The fraction of sp³-hybridized carbons (Fsp3) is 0.167. The lowest BCUT2D eigenvalue weighted by Crippen LogP contribution is -2.39. The largest absolute Gasteiger partial charge is 0.326 e. The quantitative estimate of drug-likeness (QED) is 0.672. The zero-order valence-corrected chi connectivity index (χ0v) is 16.2. The molecule has 3 aromatic rings. The number of anilines is 1. The Bertz CT molecular complexity index is 911. The summed E-state index contributed by atoms with van der Waals surface area (Å²) in [5, 5.41) is 2.77. The standard InChI is InChI=1S/C24H24N2O2/c1-18-10-9-15-22(19(18)2)25-23(27)24(28)26(16-20-11-5-3-6-12-20)17-21-13-7-4-8-14-21/h3-15H,16-17H2,1-2H3,(H,25,27). The minimum atomic E-state index is -0.624. The topological polar surface area (TPSA) is 49.4 Å². The van der Waals surface area contributed by atoms with E-state index in [9.17, 15) is 9.59 Å². The molecule has 3 aromatic carbocycles. The predicted octanol–water partition coefficient (Wildman–Crippen LogP) is 4.47. The Kier molecular flexibility index (Phi) is 6.22. The van der Waals surface area contributed by atoms with E-state index in [1.807, 2.05) is 92.7 Å². The van der Waals surface area contributed by atoms with Crippen LogP contribution >= 0.6 is 0 Å². The fourth-order valence-corrected chi connectivity index (χ4v) is 3.01. The molecule has 3 rings (SSSR count). The molecule has 0 radical (unpaired) electrons. The molecule has 2 amide bonds. The summed E-state index contributed by atoms with van der Waals surface area (Å²) < 4.78 is 0. The SMILES string of the molecule is Cc1cccc(NC(=O)C(=O)N(Cc2ccccc2)Cc2ccccc2)c1C. The van der Waals surface area contributed by atoms with Crippen LogP contribution in [0, 0.1) is 13.8 Å². The number of carbonyl (C=O) groups excluding carboxylic acids is 2. The second-order valence-corrected chi connectivity index (χ2v) is 6.83. The highest BCUT2D eigenvalue weighted by Crippen LogP contribution is 2.18. The van der Waals surface area contributed by atoms with Crippen LogP contribution in [-0.4, -0.2) is 16.7 Å². The monoisotopic (exact) mass is 372 g/mol. The maximum Gasteiger partial charge on any atom is 0.313 e. The van der Waals surface area contributed by atoms with Gasteiger partial charge in [0.1, 0.15) is 0 Å². The van der Waals surface area contributed by atoms with Gasteiger partial charge in [0.05, 0.1) is 0 Å². The van der Waals surface area contributed by atoms with Gasteiger partial charge in [0.15, 0.2) is 0 Å². The molecule has 0 bridgehead atoms. The van der Waals surface area contributed by atoms with Crippen molar-refractivity contribution in [2.45, 2.75) is 26.9 Å². The number of nitrogens with zero attached hydrogens (tertiary/aromatic N) is 1. The highest BCUT2D eigenvalue weighted by molar-refractivity contribution is 6.39. The van der Waals surface area contributed by atoms with E-state index in [1.165, 1.54) is 0 Å². The highest BCUT2D eigenvalue weighted by atomic mass is 16.2. The van der Waals surface area contributed by atoms with Crippen molar-refractivity contribution >= 4 is 17.5 Å². The molecule has 0 aliphatic rings. The van der Waals surface area contributed by atoms with Gasteiger partial charge in [-0.05, 0) is 42.2 Å². The normalized spacial score (nSPS) is 10.4. The van der Waals surface area contributed by atoms with Crippen LogP contribution in [0.15, 0.2) is 78.9 Å². The minimum absolute atomic E-state index is 0.370. The third-order valence-electron chi connectivity index (χ3n) is 4.77. The van der Waals surface area contributed by atoms with Crippen LogP contribution in [0.5, 0.6) is 0 Å². The number of benzene rings is 3. The smallest absolute Gasteiger partial charge is 0.313 e. The van der Waals surface area contributed by atoms with Crippen molar-refractivity contribution in [1.29, 1.82) is 0 Å². The second kappa shape index (κ2) is 9.00. The molecular formula is C24H24N2O2. The molecule has 0 aliphatic carbocycles. The van der Waals surface area contributed by atoms with Gasteiger partial charge >= 0.3 is 11.8 Å². The van der Waals surface area contributed by atoms with Gasteiger partial charge in [-0.15, -0.1) is 0 Å². The second-order valence-electron chi connectivity index (χ2n) is 6.83. The summed E-state index contributed by atoms with van der Waals surface area (Å²) in [5.74, 6) is -1.17. The van der Waals surface area contributed by atoms with Gasteiger partial charge < -0.3 is 10.2 Å². The summed E-state index contributed by atoms with van der Waals surface area (Å²) in [6, 6.07) is 25.0. The van der Waals surface area contributed by atoms with Crippen LogP contribution in [0.25, 0.3) is 0 Å². The van der Waals surface area contributed by atoms with Crippen LogP contribution in [0.3, 0.4) is 0 Å². The molecule has 4 heteroatoms. The van der Waals surface area contributed by atoms with Gasteiger partial charge in [0.2, 0.25) is 0 Å². The Morgan fingerprint density at radius 3 is 1.82 bits per heavy atom. The van der Waals surface area contributed by atoms with Crippen LogP contribution < -0.4 is 5.32 Å². The van der Waals surface area contributed by atoms with E-state index in [0.717, 1.165) is 22.3 Å². The van der Waals surface area contributed by atoms with Crippen LogP contribution in [0.2, 0.25) is 0 Å². The Morgan fingerprint density at radius 2 is 1.29 bits per heavy atom. The van der Waals surface area contributed by atoms with E-state index in [-0.39, 0.29) is 0 Å². The maximum absolute atomic E-state index is 13.0. The lowest BCUT2D eigenvalue weighted by molar-refractivity contribution is -0.144. The molecule has 142 valence electrons. The van der Waals surface area contributed by atoms with Crippen LogP contribution in [0.1, 0.15) is 22.3 Å². The van der Waals surface area contributed by atoms with Crippen molar-refractivity contribution in [3.8, 4) is 0 Å². The Labute approximate surface area is 165 Å². The molecular weight excluding hydrogens is 348 g/mol. The van der Waals surface area contributed by atoms with Gasteiger partial charge in [-0.3, -0.25) is 9.59 Å². The van der Waals surface area contributed by atoms with Crippen molar-refractivity contribution in [1.82, 2.24) is 4.90 Å². The van der Waals surface area contributed by atoms with Gasteiger partial charge in [0, 0.05) is 18.8 Å². The number of rotatable bonds is 5. The molecule has 0 aromatic heterocycles. The van der Waals surface area contributed by atoms with E-state index in [0.29, 0.717) is 18.8 Å². The average molecular weight is 372 g/mol. The molecule has 0 spiro atoms. The van der Waals surface area contributed by atoms with Crippen molar-refractivity contribution in [2.75, 3.05) is 5.32 Å². The third-order valence-corrected chi connectivity index (χ3v) is 4.77. The number of hydrogen-bond acceptors (Lipinski definition) is 2. The summed E-state index contributed by atoms with van der Waals surface area (Å²) in [7, 11) is 0. The van der Waals surface area contributed by atoms with Gasteiger partial charge in [-0.25, -0.2) is 0 Å². The number of amides is 2. The molecule has 1 N–H and O–H groups in total. The highest BCUT2D eigenvalue weighted by Gasteiger charge is 2.23. The first-order valence-electron chi connectivity index (χ1n) is 9.29. The third kappa shape index (κ3) is 4.86. The molecule has 0 saturated heterocycles. The van der Waals surface area contributed by atoms with Crippen molar-refractivity contribution in [3.05, 3.63) is 101 Å². The van der Waals surface area contributed by atoms with Crippen LogP contribution in [-0.2, 0) is 22.7 Å². The summed E-state index contributed by atoms with van der Waals surface area (Å²) >= 11 is 0. The van der Waals surface area contributed by atoms with E-state index in [2.05, 4.69) is 5.32 Å². The van der Waals surface area contributed by atoms with E-state index >= 15 is 0 Å². The zero-order valence-electron chi connectivity index (χ0n) is 16.2. The molecule has 0 fully saturated rings. The van der Waals surface area contributed by atoms with Crippen molar-refractivity contribution < 1.29 is 9.59 Å². The minimum Gasteiger partial charge on any atom is -0.326 e. The summed E-state index contributed by atoms with van der Waals surface area (Å²) in [6.07, 6.45) is 0. The lowest BCUT2D eigenvalue weighted by atomic mass is 10.1. The Hall–Kier alpha value is -3.40. The summed E-state index contributed by atoms with van der Waals surface area (Å²) in [5.41, 5.74) is 4.65. The van der Waals surface area contributed by atoms with Crippen LogP contribution in [0.4, 0.5) is 5.69 Å². The molecule has 0 heterocycles. The number of nitrogens with one attached hydrogen (secondary N) is 1. The molecule has 0 aliphatic heterocycles. The molecule has 0 saturated carbocycles. The molecule has 0 unspecified atom stereocenters. The Balaban J connectivity index is 1.80. The summed E-state index contributed by atoms with van der Waals surface area (Å²) in [6.45, 7) is 4.65. The first kappa shape index (κ1) is 19.4. The zero-order chi connectivity index (χ0) is 19.9. The predicted molar refractivity (Wildman–Crippen MR) is 112 cm³/mol. The first-order chi connectivity index (χ1) is 13.5. The first-order valence-corrected chi connectivity index (χ1v) is 9.29. The lowest BCUT2D eigenvalue weighted by Gasteiger charge is -2.23. The number of hydrogen-bond donors (Lipinski definition) is 1. The number of aryl methyl sites for hydroxylation is 1. The van der Waals surface area contributed by atoms with E-state index in [4.69, 9.17) is 0 Å².